The molecule has 188 valence electrons. The average Bonchev–Trinajstić information content (AvgIpc) is 3.14. The first-order chi connectivity index (χ1) is 16.1. The number of ketones is 1. The van der Waals surface area contributed by atoms with E-state index < -0.39 is 53.6 Å². The molecule has 10 nitrogen and oxygen atoms in total. The highest BCUT2D eigenvalue weighted by atomic mass is 16.6. The number of esters is 4. The second kappa shape index (κ2) is 9.26. The van der Waals surface area contributed by atoms with E-state index in [1.54, 1.807) is 6.92 Å². The monoisotopic (exact) mass is 488 g/mol. The molecule has 0 aromatic rings. The maximum atomic E-state index is 12.7. The van der Waals surface area contributed by atoms with E-state index >= 15 is 0 Å². The van der Waals surface area contributed by atoms with E-state index in [1.807, 2.05) is 0 Å². The van der Waals surface area contributed by atoms with Crippen LogP contribution in [0, 0.1) is 0 Å². The zero-order chi connectivity index (χ0) is 26.3. The zero-order valence-electron chi connectivity index (χ0n) is 20.3. The third-order valence-electron chi connectivity index (χ3n) is 6.09. The van der Waals surface area contributed by atoms with Gasteiger partial charge < -0.3 is 24.1 Å². The molecular formula is C25H28O10. The maximum Gasteiger partial charge on any atom is 0.343 e. The largest absolute Gasteiger partial charge is 0.461 e. The Hall–Kier alpha value is -3.53. The lowest BCUT2D eigenvalue weighted by Crippen LogP contribution is -2.38. The van der Waals surface area contributed by atoms with Crippen LogP contribution in [-0.4, -0.2) is 58.7 Å². The first kappa shape index (κ1) is 26.1. The molecule has 0 bridgehead atoms. The van der Waals surface area contributed by atoms with Crippen molar-refractivity contribution in [3.63, 3.8) is 0 Å². The van der Waals surface area contributed by atoms with Crippen molar-refractivity contribution in [1.82, 2.24) is 0 Å². The van der Waals surface area contributed by atoms with E-state index in [0.29, 0.717) is 5.57 Å². The molecule has 3 aliphatic rings. The third-order valence-corrected chi connectivity index (χ3v) is 6.09. The number of hydrogen-bond donors (Lipinski definition) is 1. The Morgan fingerprint density at radius 3 is 2.40 bits per heavy atom. The van der Waals surface area contributed by atoms with Crippen molar-refractivity contribution in [2.24, 2.45) is 0 Å². The summed E-state index contributed by atoms with van der Waals surface area (Å²) in [6.45, 7) is 9.99. The lowest BCUT2D eigenvalue weighted by molar-refractivity contribution is -0.152. The third kappa shape index (κ3) is 5.27. The molecule has 0 amide bonds. The lowest BCUT2D eigenvalue weighted by Gasteiger charge is -2.34. The van der Waals surface area contributed by atoms with Crippen LogP contribution >= 0.6 is 0 Å². The molecule has 0 saturated carbocycles. The van der Waals surface area contributed by atoms with Gasteiger partial charge in [-0.1, -0.05) is 6.58 Å². The van der Waals surface area contributed by atoms with Crippen molar-refractivity contribution in [3.05, 3.63) is 46.3 Å². The van der Waals surface area contributed by atoms with Crippen molar-refractivity contribution in [2.45, 2.75) is 71.2 Å². The van der Waals surface area contributed by atoms with Crippen molar-refractivity contribution < 1.29 is 48.0 Å². The molecule has 0 aromatic heterocycles. The number of aliphatic hydroxyl groups is 1. The van der Waals surface area contributed by atoms with Crippen molar-refractivity contribution in [1.29, 1.82) is 0 Å². The molecule has 1 N–H and O–H groups in total. The van der Waals surface area contributed by atoms with Crippen LogP contribution < -0.4 is 0 Å². The molecule has 3 rings (SSSR count). The van der Waals surface area contributed by atoms with Gasteiger partial charge in [0.05, 0.1) is 11.2 Å². The van der Waals surface area contributed by atoms with Crippen LogP contribution in [0.25, 0.3) is 0 Å². The summed E-state index contributed by atoms with van der Waals surface area (Å²) in [5.74, 6) is -3.66. The number of carbonyl (C=O) groups excluding carboxylic acids is 5. The fourth-order valence-electron chi connectivity index (χ4n) is 4.38. The van der Waals surface area contributed by atoms with Gasteiger partial charge in [-0.05, 0) is 52.2 Å². The fourth-order valence-corrected chi connectivity index (χ4v) is 4.38. The summed E-state index contributed by atoms with van der Waals surface area (Å²) < 4.78 is 21.7. The molecule has 0 fully saturated rings. The van der Waals surface area contributed by atoms with Crippen LogP contribution in [0.5, 0.6) is 0 Å². The molecule has 0 aromatic carbocycles. The van der Waals surface area contributed by atoms with Gasteiger partial charge in [0, 0.05) is 24.5 Å². The van der Waals surface area contributed by atoms with E-state index in [1.165, 1.54) is 33.8 Å². The van der Waals surface area contributed by atoms with Crippen LogP contribution in [0.4, 0.5) is 0 Å². The van der Waals surface area contributed by atoms with Crippen molar-refractivity contribution >= 4 is 29.7 Å². The molecule has 35 heavy (non-hydrogen) atoms. The van der Waals surface area contributed by atoms with Gasteiger partial charge in [-0.25, -0.2) is 14.4 Å². The van der Waals surface area contributed by atoms with Crippen molar-refractivity contribution in [3.8, 4) is 0 Å². The van der Waals surface area contributed by atoms with E-state index in [0.717, 1.165) is 0 Å². The van der Waals surface area contributed by atoms with E-state index in [9.17, 15) is 29.1 Å². The topological polar surface area (TPSA) is 143 Å². The summed E-state index contributed by atoms with van der Waals surface area (Å²) in [6, 6.07) is 0. The Morgan fingerprint density at radius 1 is 1.17 bits per heavy atom. The highest BCUT2D eigenvalue weighted by Gasteiger charge is 2.50. The highest BCUT2D eigenvalue weighted by molar-refractivity contribution is 6.18. The van der Waals surface area contributed by atoms with Gasteiger partial charge in [-0.15, -0.1) is 0 Å². The van der Waals surface area contributed by atoms with Gasteiger partial charge in [-0.2, -0.15) is 0 Å². The van der Waals surface area contributed by atoms with Crippen LogP contribution in [0.15, 0.2) is 46.3 Å². The summed E-state index contributed by atoms with van der Waals surface area (Å²) in [7, 11) is 0. The maximum absolute atomic E-state index is 12.7. The first-order valence-electron chi connectivity index (χ1n) is 11.0. The zero-order valence-corrected chi connectivity index (χ0v) is 20.3. The van der Waals surface area contributed by atoms with Gasteiger partial charge >= 0.3 is 23.9 Å². The normalized spacial score (nSPS) is 28.4. The van der Waals surface area contributed by atoms with Crippen LogP contribution in [-0.2, 0) is 42.9 Å². The smallest absolute Gasteiger partial charge is 0.343 e. The predicted octanol–water partition coefficient (Wildman–Crippen LogP) is 1.91. The molecule has 0 radical (unpaired) electrons. The van der Waals surface area contributed by atoms with Crippen LogP contribution in [0.3, 0.4) is 0 Å². The van der Waals surface area contributed by atoms with Gasteiger partial charge in [0.1, 0.15) is 29.6 Å². The van der Waals surface area contributed by atoms with Gasteiger partial charge in [0.25, 0.3) is 0 Å². The molecule has 0 saturated heterocycles. The number of Topliss-reactive ketones (excluding diaryl/α,β-unsaturated/α-hetero) is 1. The second-order valence-electron chi connectivity index (χ2n) is 9.34. The van der Waals surface area contributed by atoms with Crippen molar-refractivity contribution in [2.75, 3.05) is 6.61 Å². The SMILES string of the molecule is C=C(C)C(=O)OC1CC2(C)OC(=O)C(C(C)=O)=C2CCC(C)(O)C=C2OC(=O)C(COC(C)=O)=C21. The minimum Gasteiger partial charge on any atom is -0.461 e. The lowest BCUT2D eigenvalue weighted by atomic mass is 9.79. The Kier molecular flexibility index (Phi) is 6.90. The number of hydrogen-bond acceptors (Lipinski definition) is 10. The molecule has 2 aliphatic heterocycles. The molecule has 3 atom stereocenters. The molecule has 2 heterocycles. The quantitative estimate of drug-likeness (QED) is 0.264. The Labute approximate surface area is 202 Å². The standard InChI is InChI=1S/C25H28O10/c1-12(2)21(28)33-18-10-25(6)16(19(13(3)26)23(30)35-25)7-8-24(5,31)9-17-20(18)15(22(29)34-17)11-32-14(4)27/h9,18,31H,1,7-8,10-11H2,2-6H3. The number of carbonyl (C=O) groups is 5. The van der Waals surface area contributed by atoms with Gasteiger partial charge in [-0.3, -0.25) is 9.59 Å². The summed E-state index contributed by atoms with van der Waals surface area (Å²) in [6.07, 6.45) is 0.0725. The van der Waals surface area contributed by atoms with Gasteiger partial charge in [0.15, 0.2) is 5.78 Å². The Morgan fingerprint density at radius 2 is 1.83 bits per heavy atom. The summed E-state index contributed by atoms with van der Waals surface area (Å²) in [5.41, 5.74) is -2.67. The van der Waals surface area contributed by atoms with Crippen LogP contribution in [0.2, 0.25) is 0 Å². The minimum absolute atomic E-state index is 0.0613. The Balaban J connectivity index is 2.26. The predicted molar refractivity (Wildman–Crippen MR) is 119 cm³/mol. The fraction of sp³-hybridized carbons (Fsp3) is 0.480. The molecule has 10 heteroatoms. The molecule has 1 aliphatic carbocycles. The summed E-state index contributed by atoms with van der Waals surface area (Å²) in [5, 5.41) is 11.1. The number of fused-ring (bicyclic) bond motifs is 2. The molecule has 3 unspecified atom stereocenters. The van der Waals surface area contributed by atoms with E-state index in [4.69, 9.17) is 18.9 Å². The number of rotatable bonds is 5. The van der Waals surface area contributed by atoms with E-state index in [2.05, 4.69) is 6.58 Å². The highest BCUT2D eigenvalue weighted by Crippen LogP contribution is 2.45. The molecular weight excluding hydrogens is 460 g/mol. The first-order valence-corrected chi connectivity index (χ1v) is 11.0. The van der Waals surface area contributed by atoms with E-state index in [-0.39, 0.29) is 47.3 Å². The van der Waals surface area contributed by atoms with Crippen LogP contribution in [0.1, 0.15) is 53.9 Å². The van der Waals surface area contributed by atoms with Gasteiger partial charge in [0.2, 0.25) is 0 Å². The second-order valence-corrected chi connectivity index (χ2v) is 9.34. The molecule has 0 spiro atoms. The minimum atomic E-state index is -1.56. The average molecular weight is 488 g/mol. The Bertz CT molecular complexity index is 1130. The number of ether oxygens (including phenoxy) is 4. The summed E-state index contributed by atoms with van der Waals surface area (Å²) in [4.78, 5) is 61.7. The summed E-state index contributed by atoms with van der Waals surface area (Å²) >= 11 is 0.